The topological polar surface area (TPSA) is 21.3 Å². The third kappa shape index (κ3) is 3.95. The molecule has 0 aliphatic rings. The monoisotopic (exact) mass is 221 g/mol. The van der Waals surface area contributed by atoms with E-state index in [0.29, 0.717) is 6.61 Å². The first-order valence-electron chi connectivity index (χ1n) is 5.81. The quantitative estimate of drug-likeness (QED) is 0.843. The molecule has 0 aliphatic heterocycles. The van der Waals surface area contributed by atoms with Crippen molar-refractivity contribution in [2.75, 3.05) is 13.7 Å². The molecule has 0 aromatic heterocycles. The average Bonchev–Trinajstić information content (AvgIpc) is 2.20. The van der Waals surface area contributed by atoms with Gasteiger partial charge in [0.2, 0.25) is 0 Å². The van der Waals surface area contributed by atoms with Gasteiger partial charge in [-0.25, -0.2) is 0 Å². The molecule has 2 nitrogen and oxygen atoms in total. The van der Waals surface area contributed by atoms with E-state index in [1.807, 2.05) is 7.05 Å². The van der Waals surface area contributed by atoms with Gasteiger partial charge < -0.3 is 10.1 Å². The lowest BCUT2D eigenvalue weighted by Gasteiger charge is -2.25. The van der Waals surface area contributed by atoms with Gasteiger partial charge in [-0.2, -0.15) is 0 Å². The highest BCUT2D eigenvalue weighted by molar-refractivity contribution is 5.28. The highest BCUT2D eigenvalue weighted by Crippen LogP contribution is 2.19. The summed E-state index contributed by atoms with van der Waals surface area (Å²) in [4.78, 5) is 0. The lowest BCUT2D eigenvalue weighted by molar-refractivity contribution is -0.0139. The Hall–Kier alpha value is -0.860. The molecule has 0 radical (unpaired) electrons. The predicted octanol–water partition coefficient (Wildman–Crippen LogP) is 3.07. The number of benzene rings is 1. The third-order valence-electron chi connectivity index (χ3n) is 2.60. The molecule has 2 heteroatoms. The molecule has 0 saturated carbocycles. The number of rotatable bonds is 4. The lowest BCUT2D eigenvalue weighted by Crippen LogP contribution is -2.28. The van der Waals surface area contributed by atoms with Crippen LogP contribution < -0.4 is 5.32 Å². The molecule has 1 aromatic rings. The lowest BCUT2D eigenvalue weighted by atomic mass is 10.0. The standard InChI is InChI=1S/C14H23NO/c1-11-8-6-7-9-12(11)13(15-5)10-16-14(2,3)4/h6-9,13,15H,10H2,1-5H3. The van der Waals surface area contributed by atoms with Crippen molar-refractivity contribution < 1.29 is 4.74 Å². The van der Waals surface area contributed by atoms with Crippen LogP contribution in [0.4, 0.5) is 0 Å². The second-order valence-electron chi connectivity index (χ2n) is 5.12. The first-order chi connectivity index (χ1) is 7.44. The molecule has 1 aromatic carbocycles. The molecule has 0 fully saturated rings. The molecule has 0 saturated heterocycles. The van der Waals surface area contributed by atoms with Crippen LogP contribution in [0.1, 0.15) is 37.9 Å². The molecule has 16 heavy (non-hydrogen) atoms. The number of hydrogen-bond acceptors (Lipinski definition) is 2. The zero-order chi connectivity index (χ0) is 12.2. The first kappa shape index (κ1) is 13.2. The van der Waals surface area contributed by atoms with Gasteiger partial charge in [0.15, 0.2) is 0 Å². The fourth-order valence-electron chi connectivity index (χ4n) is 1.64. The largest absolute Gasteiger partial charge is 0.374 e. The average molecular weight is 221 g/mol. The van der Waals surface area contributed by atoms with Crippen molar-refractivity contribution in [1.82, 2.24) is 5.32 Å². The van der Waals surface area contributed by atoms with Gasteiger partial charge >= 0.3 is 0 Å². The van der Waals surface area contributed by atoms with Gasteiger partial charge in [0.1, 0.15) is 0 Å². The van der Waals surface area contributed by atoms with E-state index in [4.69, 9.17) is 4.74 Å². The molecule has 0 heterocycles. The summed E-state index contributed by atoms with van der Waals surface area (Å²) in [5, 5.41) is 3.31. The summed E-state index contributed by atoms with van der Waals surface area (Å²) < 4.78 is 5.83. The van der Waals surface area contributed by atoms with E-state index in [-0.39, 0.29) is 11.6 Å². The van der Waals surface area contributed by atoms with Crippen LogP contribution in [0, 0.1) is 6.92 Å². The fraction of sp³-hybridized carbons (Fsp3) is 0.571. The molecule has 1 unspecified atom stereocenters. The van der Waals surface area contributed by atoms with E-state index in [9.17, 15) is 0 Å². The molecule has 1 rings (SSSR count). The van der Waals surface area contributed by atoms with Crippen molar-refractivity contribution in [2.45, 2.75) is 39.3 Å². The zero-order valence-electron chi connectivity index (χ0n) is 11.0. The first-order valence-corrected chi connectivity index (χ1v) is 5.81. The molecule has 0 amide bonds. The van der Waals surface area contributed by atoms with E-state index in [1.54, 1.807) is 0 Å². The van der Waals surface area contributed by atoms with Crippen molar-refractivity contribution in [3.05, 3.63) is 35.4 Å². The van der Waals surface area contributed by atoms with Crippen LogP contribution in [0.3, 0.4) is 0 Å². The molecular weight excluding hydrogens is 198 g/mol. The van der Waals surface area contributed by atoms with Gasteiger partial charge in [-0.3, -0.25) is 0 Å². The summed E-state index contributed by atoms with van der Waals surface area (Å²) >= 11 is 0. The molecule has 1 atom stereocenters. The van der Waals surface area contributed by atoms with Gasteiger partial charge in [-0.15, -0.1) is 0 Å². The summed E-state index contributed by atoms with van der Waals surface area (Å²) in [5.41, 5.74) is 2.53. The van der Waals surface area contributed by atoms with Crippen LogP contribution >= 0.6 is 0 Å². The maximum Gasteiger partial charge on any atom is 0.0668 e. The molecular formula is C14H23NO. The Morgan fingerprint density at radius 2 is 1.88 bits per heavy atom. The maximum atomic E-state index is 5.83. The van der Waals surface area contributed by atoms with Gasteiger partial charge in [-0.1, -0.05) is 24.3 Å². The Kier molecular flexibility index (Phi) is 4.51. The number of hydrogen-bond donors (Lipinski definition) is 1. The minimum absolute atomic E-state index is 0.0855. The Labute approximate surface area is 99.0 Å². The number of likely N-dealkylation sites (N-methyl/N-ethyl adjacent to an activating group) is 1. The predicted molar refractivity (Wildman–Crippen MR) is 68.7 cm³/mol. The Morgan fingerprint density at radius 1 is 1.25 bits per heavy atom. The normalized spacial score (nSPS) is 13.8. The van der Waals surface area contributed by atoms with E-state index < -0.39 is 0 Å². The maximum absolute atomic E-state index is 5.83. The number of nitrogens with one attached hydrogen (secondary N) is 1. The van der Waals surface area contributed by atoms with Gasteiger partial charge in [-0.05, 0) is 45.9 Å². The van der Waals surface area contributed by atoms with Crippen molar-refractivity contribution >= 4 is 0 Å². The van der Waals surface area contributed by atoms with Crippen molar-refractivity contribution in [3.8, 4) is 0 Å². The molecule has 0 bridgehead atoms. The van der Waals surface area contributed by atoms with Gasteiger partial charge in [0, 0.05) is 0 Å². The van der Waals surface area contributed by atoms with E-state index in [2.05, 4.69) is 57.3 Å². The molecule has 90 valence electrons. The highest BCUT2D eigenvalue weighted by atomic mass is 16.5. The smallest absolute Gasteiger partial charge is 0.0668 e. The Bertz CT molecular complexity index is 328. The Balaban J connectivity index is 2.72. The van der Waals surface area contributed by atoms with E-state index >= 15 is 0 Å². The minimum Gasteiger partial charge on any atom is -0.374 e. The van der Waals surface area contributed by atoms with E-state index in [1.165, 1.54) is 11.1 Å². The van der Waals surface area contributed by atoms with E-state index in [0.717, 1.165) is 0 Å². The summed E-state index contributed by atoms with van der Waals surface area (Å²) in [6.07, 6.45) is 0. The van der Waals surface area contributed by atoms with Gasteiger partial charge in [0.25, 0.3) is 0 Å². The van der Waals surface area contributed by atoms with Gasteiger partial charge in [0.05, 0.1) is 18.2 Å². The van der Waals surface area contributed by atoms with Crippen molar-refractivity contribution in [3.63, 3.8) is 0 Å². The second-order valence-corrected chi connectivity index (χ2v) is 5.12. The van der Waals surface area contributed by atoms with Crippen LogP contribution in [-0.4, -0.2) is 19.3 Å². The second kappa shape index (κ2) is 5.46. The fourth-order valence-corrected chi connectivity index (χ4v) is 1.64. The summed E-state index contributed by atoms with van der Waals surface area (Å²) in [6, 6.07) is 8.69. The van der Waals surface area contributed by atoms with Crippen LogP contribution in [0.2, 0.25) is 0 Å². The number of aryl methyl sites for hydroxylation is 1. The van der Waals surface area contributed by atoms with Crippen LogP contribution in [-0.2, 0) is 4.74 Å². The molecule has 0 spiro atoms. The third-order valence-corrected chi connectivity index (χ3v) is 2.60. The highest BCUT2D eigenvalue weighted by Gasteiger charge is 2.16. The molecule has 0 aliphatic carbocycles. The van der Waals surface area contributed by atoms with Crippen molar-refractivity contribution in [1.29, 1.82) is 0 Å². The Morgan fingerprint density at radius 3 is 2.38 bits per heavy atom. The number of ether oxygens (including phenoxy) is 1. The zero-order valence-corrected chi connectivity index (χ0v) is 11.0. The minimum atomic E-state index is -0.0855. The summed E-state index contributed by atoms with van der Waals surface area (Å²) in [5.74, 6) is 0. The SMILES string of the molecule is CNC(COC(C)(C)C)c1ccccc1C. The summed E-state index contributed by atoms with van der Waals surface area (Å²) in [6.45, 7) is 9.08. The van der Waals surface area contributed by atoms with Crippen LogP contribution in [0.15, 0.2) is 24.3 Å². The summed E-state index contributed by atoms with van der Waals surface area (Å²) in [7, 11) is 1.98. The van der Waals surface area contributed by atoms with Crippen LogP contribution in [0.5, 0.6) is 0 Å². The van der Waals surface area contributed by atoms with Crippen molar-refractivity contribution in [2.24, 2.45) is 0 Å². The molecule has 1 N–H and O–H groups in total. The van der Waals surface area contributed by atoms with Crippen LogP contribution in [0.25, 0.3) is 0 Å².